The van der Waals surface area contributed by atoms with Gasteiger partial charge in [0.25, 0.3) is 11.1 Å². The van der Waals surface area contributed by atoms with Crippen LogP contribution in [0.15, 0.2) is 29.2 Å². The third-order valence-corrected chi connectivity index (χ3v) is 4.66. The number of halogens is 2. The van der Waals surface area contributed by atoms with Gasteiger partial charge >= 0.3 is 0 Å². The van der Waals surface area contributed by atoms with Crippen LogP contribution in [-0.2, 0) is 4.79 Å². The average Bonchev–Trinajstić information content (AvgIpc) is 2.93. The van der Waals surface area contributed by atoms with E-state index in [4.69, 9.17) is 11.6 Å². The number of nitrogens with one attached hydrogen (secondary N) is 1. The third kappa shape index (κ3) is 2.92. The molecular formula is C16H12ClFN2O2S. The van der Waals surface area contributed by atoms with Gasteiger partial charge in [0.1, 0.15) is 5.82 Å². The lowest BCUT2D eigenvalue weighted by Crippen LogP contribution is -2.17. The minimum atomic E-state index is -0.474. The van der Waals surface area contributed by atoms with Crippen LogP contribution in [-0.4, -0.2) is 15.7 Å². The van der Waals surface area contributed by atoms with E-state index in [-0.39, 0.29) is 10.3 Å². The van der Waals surface area contributed by atoms with E-state index in [1.165, 1.54) is 6.07 Å². The van der Waals surface area contributed by atoms with Gasteiger partial charge in [-0.1, -0.05) is 11.6 Å². The highest BCUT2D eigenvalue weighted by atomic mass is 35.5. The molecule has 1 aromatic heterocycles. The molecule has 1 aliphatic rings. The molecule has 0 unspecified atom stereocenters. The lowest BCUT2D eigenvalue weighted by Gasteiger charge is -2.10. The summed E-state index contributed by atoms with van der Waals surface area (Å²) < 4.78 is 15.3. The van der Waals surface area contributed by atoms with Gasteiger partial charge in [0, 0.05) is 17.1 Å². The zero-order valence-electron chi connectivity index (χ0n) is 12.3. The topological polar surface area (TPSA) is 51.1 Å². The first kappa shape index (κ1) is 15.8. The van der Waals surface area contributed by atoms with Gasteiger partial charge < -0.3 is 4.57 Å². The number of rotatable bonds is 2. The van der Waals surface area contributed by atoms with E-state index in [0.717, 1.165) is 34.4 Å². The van der Waals surface area contributed by atoms with E-state index >= 15 is 0 Å². The molecule has 2 heterocycles. The van der Waals surface area contributed by atoms with Gasteiger partial charge in [0.05, 0.1) is 9.93 Å². The Hall–Kier alpha value is -2.05. The summed E-state index contributed by atoms with van der Waals surface area (Å²) in [6, 6.07) is 6.40. The first-order valence-electron chi connectivity index (χ1n) is 6.76. The second-order valence-electron chi connectivity index (χ2n) is 5.11. The van der Waals surface area contributed by atoms with Crippen molar-refractivity contribution in [1.29, 1.82) is 0 Å². The van der Waals surface area contributed by atoms with Crippen LogP contribution in [0.1, 0.15) is 17.0 Å². The fourth-order valence-electron chi connectivity index (χ4n) is 2.52. The number of benzene rings is 1. The monoisotopic (exact) mass is 350 g/mol. The maximum absolute atomic E-state index is 13.3. The Kier molecular flexibility index (Phi) is 4.04. The van der Waals surface area contributed by atoms with Crippen molar-refractivity contribution in [3.05, 3.63) is 57.0 Å². The van der Waals surface area contributed by atoms with Crippen LogP contribution in [0, 0.1) is 19.7 Å². The average molecular weight is 351 g/mol. The number of aromatic nitrogens is 1. The number of hydrogen-bond acceptors (Lipinski definition) is 3. The molecule has 1 aromatic carbocycles. The molecule has 0 bridgehead atoms. The highest BCUT2D eigenvalue weighted by Crippen LogP contribution is 2.29. The number of imide groups is 1. The van der Waals surface area contributed by atoms with Gasteiger partial charge in [0.2, 0.25) is 0 Å². The highest BCUT2D eigenvalue weighted by molar-refractivity contribution is 8.18. The number of hydrogen-bond donors (Lipinski definition) is 1. The SMILES string of the molecule is Cc1cc(/C=C2/SC(=O)NC2=O)c(C)n1-c1ccc(F)c(Cl)c1. The van der Waals surface area contributed by atoms with Crippen LogP contribution in [0.3, 0.4) is 0 Å². The molecule has 118 valence electrons. The highest BCUT2D eigenvalue weighted by Gasteiger charge is 2.25. The van der Waals surface area contributed by atoms with Crippen LogP contribution in [0.5, 0.6) is 0 Å². The first-order chi connectivity index (χ1) is 10.9. The summed E-state index contributed by atoms with van der Waals surface area (Å²) in [5.74, 6) is -0.868. The van der Waals surface area contributed by atoms with Crippen LogP contribution in [0.2, 0.25) is 5.02 Å². The Morgan fingerprint density at radius 1 is 1.26 bits per heavy atom. The van der Waals surface area contributed by atoms with E-state index in [2.05, 4.69) is 5.32 Å². The van der Waals surface area contributed by atoms with Crippen molar-refractivity contribution in [1.82, 2.24) is 9.88 Å². The van der Waals surface area contributed by atoms with E-state index in [1.54, 1.807) is 18.2 Å². The van der Waals surface area contributed by atoms with Crippen LogP contribution >= 0.6 is 23.4 Å². The lowest BCUT2D eigenvalue weighted by molar-refractivity contribution is -0.115. The summed E-state index contributed by atoms with van der Waals surface area (Å²) >= 11 is 6.73. The molecule has 0 aliphatic carbocycles. The van der Waals surface area contributed by atoms with Gasteiger partial charge in [-0.3, -0.25) is 14.9 Å². The van der Waals surface area contributed by atoms with E-state index in [9.17, 15) is 14.0 Å². The number of nitrogens with zero attached hydrogens (tertiary/aromatic N) is 1. The number of thioether (sulfide) groups is 1. The molecule has 1 N–H and O–H groups in total. The van der Waals surface area contributed by atoms with Crippen LogP contribution in [0.4, 0.5) is 9.18 Å². The molecule has 0 atom stereocenters. The smallest absolute Gasteiger partial charge is 0.290 e. The second kappa shape index (κ2) is 5.86. The van der Waals surface area contributed by atoms with Crippen LogP contribution in [0.25, 0.3) is 11.8 Å². The van der Waals surface area contributed by atoms with Gasteiger partial charge in [-0.25, -0.2) is 4.39 Å². The second-order valence-corrected chi connectivity index (χ2v) is 6.53. The minimum Gasteiger partial charge on any atom is -0.318 e. The molecule has 0 saturated carbocycles. The molecule has 4 nitrogen and oxygen atoms in total. The fourth-order valence-corrected chi connectivity index (χ4v) is 3.37. The molecule has 1 aliphatic heterocycles. The first-order valence-corrected chi connectivity index (χ1v) is 7.95. The quantitative estimate of drug-likeness (QED) is 0.825. The molecule has 0 radical (unpaired) electrons. The van der Waals surface area contributed by atoms with E-state index < -0.39 is 11.7 Å². The molecule has 2 amide bonds. The maximum atomic E-state index is 13.3. The Labute approximate surface area is 141 Å². The van der Waals surface area contributed by atoms with Crippen molar-refractivity contribution >= 4 is 40.6 Å². The minimum absolute atomic E-state index is 0.0474. The van der Waals surface area contributed by atoms with Crippen LogP contribution < -0.4 is 5.32 Å². The Morgan fingerprint density at radius 2 is 2.00 bits per heavy atom. The predicted octanol–water partition coefficient (Wildman–Crippen LogP) is 4.21. The predicted molar refractivity (Wildman–Crippen MR) is 89.3 cm³/mol. The number of aryl methyl sites for hydroxylation is 1. The number of amides is 2. The van der Waals surface area contributed by atoms with E-state index in [1.807, 2.05) is 24.5 Å². The molecule has 1 saturated heterocycles. The summed E-state index contributed by atoms with van der Waals surface area (Å²) in [4.78, 5) is 23.2. The van der Waals surface area contributed by atoms with Crippen molar-refractivity contribution in [3.63, 3.8) is 0 Å². The van der Waals surface area contributed by atoms with Gasteiger partial charge in [-0.15, -0.1) is 0 Å². The Balaban J connectivity index is 2.06. The van der Waals surface area contributed by atoms with Crippen molar-refractivity contribution < 1.29 is 14.0 Å². The van der Waals surface area contributed by atoms with Gasteiger partial charge in [-0.05, 0) is 61.5 Å². The summed E-state index contributed by atoms with van der Waals surface area (Å²) in [5, 5.41) is 1.90. The van der Waals surface area contributed by atoms with Gasteiger partial charge in [0.15, 0.2) is 0 Å². The molecule has 1 fully saturated rings. The van der Waals surface area contributed by atoms with Crippen molar-refractivity contribution in [2.75, 3.05) is 0 Å². The summed E-state index contributed by atoms with van der Waals surface area (Å²) in [6.45, 7) is 3.79. The summed E-state index contributed by atoms with van der Waals surface area (Å²) in [6.07, 6.45) is 1.68. The molecule has 0 spiro atoms. The number of carbonyl (C=O) groups is 2. The van der Waals surface area contributed by atoms with Crippen molar-refractivity contribution in [2.24, 2.45) is 0 Å². The van der Waals surface area contributed by atoms with Crippen molar-refractivity contribution in [3.8, 4) is 5.69 Å². The summed E-state index contributed by atoms with van der Waals surface area (Å²) in [7, 11) is 0. The Bertz CT molecular complexity index is 873. The summed E-state index contributed by atoms with van der Waals surface area (Å²) in [5.41, 5.74) is 3.32. The molecular weight excluding hydrogens is 339 g/mol. The normalized spacial score (nSPS) is 16.3. The molecule has 2 aromatic rings. The lowest BCUT2D eigenvalue weighted by atomic mass is 10.2. The zero-order chi connectivity index (χ0) is 16.7. The largest absolute Gasteiger partial charge is 0.318 e. The maximum Gasteiger partial charge on any atom is 0.290 e. The number of carbonyl (C=O) groups excluding carboxylic acids is 2. The standard InChI is InChI=1S/C16H12ClFN2O2S/c1-8-5-10(6-14-15(21)19-16(22)23-14)9(2)20(8)11-3-4-13(18)12(17)7-11/h3-7H,1-2H3,(H,19,21,22)/b14-6+. The Morgan fingerprint density at radius 3 is 2.61 bits per heavy atom. The molecule has 23 heavy (non-hydrogen) atoms. The van der Waals surface area contributed by atoms with Gasteiger partial charge in [-0.2, -0.15) is 0 Å². The molecule has 7 heteroatoms. The zero-order valence-corrected chi connectivity index (χ0v) is 13.9. The fraction of sp³-hybridized carbons (Fsp3) is 0.125. The van der Waals surface area contributed by atoms with Crippen molar-refractivity contribution in [2.45, 2.75) is 13.8 Å². The third-order valence-electron chi connectivity index (χ3n) is 3.56. The molecule has 3 rings (SSSR count). The van der Waals surface area contributed by atoms with E-state index in [0.29, 0.717) is 4.91 Å².